The zero-order valence-corrected chi connectivity index (χ0v) is 17.7. The average Bonchev–Trinajstić information content (AvgIpc) is 3.27. The molecule has 0 fully saturated rings. The molecule has 5 nitrogen and oxygen atoms in total. The van der Waals surface area contributed by atoms with E-state index < -0.39 is 29.1 Å². The second-order valence-corrected chi connectivity index (χ2v) is 8.24. The van der Waals surface area contributed by atoms with Crippen LogP contribution < -0.4 is 10.2 Å². The van der Waals surface area contributed by atoms with E-state index in [0.717, 1.165) is 12.1 Å². The van der Waals surface area contributed by atoms with Gasteiger partial charge in [0.15, 0.2) is 6.17 Å². The number of carbonyl (C=O) groups excluding carboxylic acids is 1. The Bertz CT molecular complexity index is 1220. The van der Waals surface area contributed by atoms with Gasteiger partial charge in [-0.15, -0.1) is 0 Å². The van der Waals surface area contributed by atoms with Crippen molar-refractivity contribution in [3.8, 4) is 0 Å². The lowest BCUT2D eigenvalue weighted by Gasteiger charge is -2.47. The van der Waals surface area contributed by atoms with Gasteiger partial charge in [-0.1, -0.05) is 25.1 Å². The van der Waals surface area contributed by atoms with Crippen molar-refractivity contribution in [1.29, 1.82) is 0 Å². The summed E-state index contributed by atoms with van der Waals surface area (Å²) in [6.45, 7) is 2.19. The molecular weight excluding hydrogens is 436 g/mol. The zero-order valence-electron chi connectivity index (χ0n) is 17.7. The van der Waals surface area contributed by atoms with Gasteiger partial charge in [-0.25, -0.2) is 4.39 Å². The van der Waals surface area contributed by atoms with E-state index in [4.69, 9.17) is 0 Å². The number of fused-ring (bicyclic) bond motifs is 1. The Labute approximate surface area is 187 Å². The van der Waals surface area contributed by atoms with Crippen LogP contribution in [0, 0.1) is 5.82 Å². The van der Waals surface area contributed by atoms with Gasteiger partial charge in [-0.05, 0) is 42.3 Å². The van der Waals surface area contributed by atoms with Crippen LogP contribution in [0.25, 0.3) is 0 Å². The van der Waals surface area contributed by atoms with E-state index in [1.165, 1.54) is 36.5 Å². The number of carbonyl (C=O) groups is 1. The summed E-state index contributed by atoms with van der Waals surface area (Å²) in [4.78, 5) is 15.4. The normalized spacial score (nSPS) is 24.4. The van der Waals surface area contributed by atoms with Gasteiger partial charge in [-0.2, -0.15) is 23.4 Å². The van der Waals surface area contributed by atoms with Crippen LogP contribution in [0.1, 0.15) is 30.9 Å². The van der Waals surface area contributed by atoms with Crippen LogP contribution >= 0.6 is 0 Å². The summed E-state index contributed by atoms with van der Waals surface area (Å²) >= 11 is 0. The molecule has 33 heavy (non-hydrogen) atoms. The Morgan fingerprint density at radius 3 is 2.64 bits per heavy atom. The number of rotatable bonds is 3. The smallest absolute Gasteiger partial charge is 0.362 e. The van der Waals surface area contributed by atoms with Crippen LogP contribution in [-0.2, 0) is 16.4 Å². The van der Waals surface area contributed by atoms with Gasteiger partial charge < -0.3 is 10.2 Å². The highest BCUT2D eigenvalue weighted by molar-refractivity contribution is 6.09. The first-order valence-electron chi connectivity index (χ1n) is 10.6. The van der Waals surface area contributed by atoms with Crippen LogP contribution in [0.3, 0.4) is 0 Å². The summed E-state index contributed by atoms with van der Waals surface area (Å²) in [6, 6.07) is 10.7. The fourth-order valence-corrected chi connectivity index (χ4v) is 5.08. The second-order valence-electron chi connectivity index (χ2n) is 8.24. The highest BCUT2D eigenvalue weighted by Gasteiger charge is 2.53. The van der Waals surface area contributed by atoms with Gasteiger partial charge in [0, 0.05) is 29.9 Å². The molecule has 2 aromatic carbocycles. The predicted octanol–water partition coefficient (Wildman–Crippen LogP) is 5.46. The van der Waals surface area contributed by atoms with Gasteiger partial charge in [0.2, 0.25) is 0 Å². The third-order valence-corrected chi connectivity index (χ3v) is 6.60. The van der Waals surface area contributed by atoms with E-state index >= 15 is 0 Å². The Balaban J connectivity index is 1.70. The molecule has 0 aromatic heterocycles. The molecule has 2 aromatic rings. The molecule has 1 N–H and O–H groups in total. The number of anilines is 1. The summed E-state index contributed by atoms with van der Waals surface area (Å²) in [5.74, 6) is -0.752. The van der Waals surface area contributed by atoms with Gasteiger partial charge in [0.25, 0.3) is 5.91 Å². The minimum absolute atomic E-state index is 0.333. The molecular formula is C24H20F4N4O. The third kappa shape index (κ3) is 3.25. The van der Waals surface area contributed by atoms with Gasteiger partial charge >= 0.3 is 6.18 Å². The number of benzene rings is 2. The molecule has 1 amide bonds. The maximum atomic E-state index is 13.9. The molecule has 3 aliphatic rings. The SMILES string of the molecule is CC[C@@]1(c2cccc(C(F)(F)F)c2)C2=CN=NC2NC2=C1C(=O)N(c1ccc(F)cc1)CC2. The van der Waals surface area contributed by atoms with E-state index in [1.54, 1.807) is 11.0 Å². The summed E-state index contributed by atoms with van der Waals surface area (Å²) in [5.41, 5.74) is 0.653. The third-order valence-electron chi connectivity index (χ3n) is 6.60. The monoisotopic (exact) mass is 456 g/mol. The molecule has 3 heterocycles. The van der Waals surface area contributed by atoms with E-state index in [2.05, 4.69) is 15.5 Å². The minimum Gasteiger partial charge on any atom is -0.362 e. The lowest BCUT2D eigenvalue weighted by atomic mass is 9.62. The molecule has 3 aliphatic heterocycles. The van der Waals surface area contributed by atoms with Crippen molar-refractivity contribution in [2.75, 3.05) is 11.4 Å². The molecule has 0 bridgehead atoms. The Hall–Kier alpha value is -3.49. The van der Waals surface area contributed by atoms with Crippen molar-refractivity contribution in [2.45, 2.75) is 37.5 Å². The minimum atomic E-state index is -4.52. The summed E-state index contributed by atoms with van der Waals surface area (Å²) < 4.78 is 54.2. The first-order valence-corrected chi connectivity index (χ1v) is 10.6. The molecule has 9 heteroatoms. The zero-order chi connectivity index (χ0) is 23.4. The first-order chi connectivity index (χ1) is 15.8. The fraction of sp³-hybridized carbons (Fsp3) is 0.292. The lowest BCUT2D eigenvalue weighted by Crippen LogP contribution is -2.54. The number of hydrogen-bond donors (Lipinski definition) is 1. The quantitative estimate of drug-likeness (QED) is 0.624. The molecule has 0 saturated heterocycles. The summed E-state index contributed by atoms with van der Waals surface area (Å²) in [5, 5.41) is 11.5. The standard InChI is InChI=1S/C24H20F4N4O/c1-2-23(14-4-3-5-15(12-14)24(26,27)28)18-13-29-31-21(18)30-19-10-11-32(22(33)20(19)23)17-8-6-16(25)7-9-17/h3-9,12-13,21,30H,2,10-11H2,1H3/t21?,23-/m1/s1. The van der Waals surface area contributed by atoms with E-state index in [1.807, 2.05) is 6.92 Å². The maximum Gasteiger partial charge on any atom is 0.416 e. The van der Waals surface area contributed by atoms with E-state index in [9.17, 15) is 22.4 Å². The topological polar surface area (TPSA) is 57.1 Å². The highest BCUT2D eigenvalue weighted by atomic mass is 19.4. The largest absolute Gasteiger partial charge is 0.416 e. The average molecular weight is 456 g/mol. The van der Waals surface area contributed by atoms with Gasteiger partial charge in [0.1, 0.15) is 5.82 Å². The lowest BCUT2D eigenvalue weighted by molar-refractivity contribution is -0.137. The number of hydrogen-bond acceptors (Lipinski definition) is 4. The molecule has 0 spiro atoms. The summed E-state index contributed by atoms with van der Waals surface area (Å²) in [7, 11) is 0. The maximum absolute atomic E-state index is 13.9. The number of halogens is 4. The van der Waals surface area contributed by atoms with Crippen molar-refractivity contribution in [3.63, 3.8) is 0 Å². The van der Waals surface area contributed by atoms with E-state index in [-0.39, 0.29) is 5.91 Å². The number of amides is 1. The number of nitrogens with one attached hydrogen (secondary N) is 1. The van der Waals surface area contributed by atoms with Gasteiger partial charge in [0.05, 0.1) is 22.8 Å². The van der Waals surface area contributed by atoms with Crippen molar-refractivity contribution < 1.29 is 22.4 Å². The van der Waals surface area contributed by atoms with Crippen LogP contribution in [0.2, 0.25) is 0 Å². The number of nitrogens with zero attached hydrogens (tertiary/aromatic N) is 3. The van der Waals surface area contributed by atoms with E-state index in [0.29, 0.717) is 47.5 Å². The summed E-state index contributed by atoms with van der Waals surface area (Å²) in [6.07, 6.45) is -2.73. The van der Waals surface area contributed by atoms with Crippen LogP contribution in [0.4, 0.5) is 23.2 Å². The van der Waals surface area contributed by atoms with Crippen LogP contribution in [0.5, 0.6) is 0 Å². The molecule has 2 atom stereocenters. The Morgan fingerprint density at radius 1 is 1.18 bits per heavy atom. The molecule has 1 unspecified atom stereocenters. The molecule has 0 radical (unpaired) electrons. The van der Waals surface area contributed by atoms with Crippen molar-refractivity contribution >= 4 is 11.6 Å². The van der Waals surface area contributed by atoms with Crippen molar-refractivity contribution in [1.82, 2.24) is 5.32 Å². The van der Waals surface area contributed by atoms with Crippen molar-refractivity contribution in [3.05, 3.63) is 88.5 Å². The second kappa shape index (κ2) is 7.54. The van der Waals surface area contributed by atoms with Gasteiger partial charge in [-0.3, -0.25) is 4.79 Å². The van der Waals surface area contributed by atoms with Crippen molar-refractivity contribution in [2.24, 2.45) is 10.2 Å². The Kier molecular flexibility index (Phi) is 4.88. The predicted molar refractivity (Wildman–Crippen MR) is 114 cm³/mol. The first kappa shape index (κ1) is 21.4. The Morgan fingerprint density at radius 2 is 1.94 bits per heavy atom. The number of azo groups is 1. The molecule has 0 aliphatic carbocycles. The molecule has 5 rings (SSSR count). The highest BCUT2D eigenvalue weighted by Crippen LogP contribution is 2.51. The molecule has 0 saturated carbocycles. The van der Waals surface area contributed by atoms with Crippen LogP contribution in [0.15, 0.2) is 81.8 Å². The molecule has 170 valence electrons. The number of alkyl halides is 3. The van der Waals surface area contributed by atoms with Crippen LogP contribution in [-0.4, -0.2) is 18.6 Å². The fourth-order valence-electron chi connectivity index (χ4n) is 5.08.